The van der Waals surface area contributed by atoms with Crippen molar-refractivity contribution in [1.29, 1.82) is 0 Å². The molecule has 0 bridgehead atoms. The lowest BCUT2D eigenvalue weighted by atomic mass is 10.0. The Morgan fingerprint density at radius 3 is 2.73 bits per heavy atom. The van der Waals surface area contributed by atoms with Crippen LogP contribution in [0.25, 0.3) is 21.7 Å². The van der Waals surface area contributed by atoms with E-state index in [1.807, 2.05) is 0 Å². The Kier molecular flexibility index (Phi) is 3.44. The normalized spacial score (nSPS) is 11.8. The van der Waals surface area contributed by atoms with Crippen molar-refractivity contribution in [3.63, 3.8) is 0 Å². The van der Waals surface area contributed by atoms with E-state index < -0.39 is 17.6 Å². The number of carbonyl (C=O) groups excluding carboxylic acids is 1. The molecule has 22 heavy (non-hydrogen) atoms. The van der Waals surface area contributed by atoms with Crippen molar-refractivity contribution in [2.24, 2.45) is 0 Å². The highest BCUT2D eigenvalue weighted by Gasteiger charge is 2.45. The topological polar surface area (TPSA) is 52.1 Å². The Morgan fingerprint density at radius 2 is 1.95 bits per heavy atom. The van der Waals surface area contributed by atoms with E-state index in [-0.39, 0.29) is 12.0 Å². The number of ether oxygens (including phenoxy) is 1. The van der Waals surface area contributed by atoms with Gasteiger partial charge in [-0.3, -0.25) is 4.98 Å². The van der Waals surface area contributed by atoms with E-state index in [2.05, 4.69) is 14.7 Å². The number of pyridine rings is 2. The summed E-state index contributed by atoms with van der Waals surface area (Å²) >= 11 is 0. The first-order valence-corrected chi connectivity index (χ1v) is 6.73. The molecular weight excluding hydrogens is 290 g/mol. The predicted molar refractivity (Wildman–Crippen MR) is 77.6 cm³/mol. The van der Waals surface area contributed by atoms with Crippen LogP contribution in [0.15, 0.2) is 42.7 Å². The van der Waals surface area contributed by atoms with Crippen LogP contribution in [0, 0.1) is 0 Å². The number of hydrogen-bond donors (Lipinski definition) is 0. The van der Waals surface area contributed by atoms with Crippen LogP contribution in [-0.2, 0) is 15.5 Å². The molecule has 3 aromatic rings. The fourth-order valence-corrected chi connectivity index (χ4v) is 2.36. The fourth-order valence-electron chi connectivity index (χ4n) is 2.36. The summed E-state index contributed by atoms with van der Waals surface area (Å²) in [5.74, 6) is -5.44. The van der Waals surface area contributed by atoms with Crippen LogP contribution in [0.1, 0.15) is 12.6 Å². The SMILES string of the molecule is CCOC(=O)C(F)(F)c1nc2ccccc2c2ccncc12. The first-order chi connectivity index (χ1) is 10.6. The number of benzene rings is 1. The molecule has 6 heteroatoms. The van der Waals surface area contributed by atoms with Gasteiger partial charge in [-0.2, -0.15) is 8.78 Å². The number of fused-ring (bicyclic) bond motifs is 3. The molecule has 0 amide bonds. The van der Waals surface area contributed by atoms with Crippen LogP contribution < -0.4 is 0 Å². The average molecular weight is 302 g/mol. The van der Waals surface area contributed by atoms with Crippen LogP contribution >= 0.6 is 0 Å². The largest absolute Gasteiger partial charge is 0.461 e. The number of hydrogen-bond acceptors (Lipinski definition) is 4. The molecule has 0 aliphatic heterocycles. The molecule has 0 atom stereocenters. The minimum absolute atomic E-state index is 0.127. The second-order valence-corrected chi connectivity index (χ2v) is 4.69. The van der Waals surface area contributed by atoms with Crippen LogP contribution in [0.4, 0.5) is 8.78 Å². The van der Waals surface area contributed by atoms with Crippen molar-refractivity contribution in [3.8, 4) is 0 Å². The van der Waals surface area contributed by atoms with E-state index in [9.17, 15) is 13.6 Å². The number of rotatable bonds is 3. The Hall–Kier alpha value is -2.63. The van der Waals surface area contributed by atoms with Crippen molar-refractivity contribution in [2.75, 3.05) is 6.61 Å². The summed E-state index contributed by atoms with van der Waals surface area (Å²) < 4.78 is 33.3. The highest BCUT2D eigenvalue weighted by atomic mass is 19.3. The summed E-state index contributed by atoms with van der Waals surface area (Å²) in [6, 6.07) is 8.54. The molecule has 0 saturated carbocycles. The molecule has 0 fully saturated rings. The minimum atomic E-state index is -3.83. The maximum Gasteiger partial charge on any atom is 0.385 e. The van der Waals surface area contributed by atoms with Gasteiger partial charge >= 0.3 is 11.9 Å². The highest BCUT2D eigenvalue weighted by molar-refractivity contribution is 6.07. The van der Waals surface area contributed by atoms with E-state index in [1.165, 1.54) is 19.3 Å². The predicted octanol–water partition coefficient (Wildman–Crippen LogP) is 3.44. The Labute approximate surface area is 124 Å². The lowest BCUT2D eigenvalue weighted by molar-refractivity contribution is -0.173. The summed E-state index contributed by atoms with van der Waals surface area (Å²) in [7, 11) is 0. The van der Waals surface area contributed by atoms with Gasteiger partial charge in [0.25, 0.3) is 0 Å². The number of aromatic nitrogens is 2. The zero-order valence-electron chi connectivity index (χ0n) is 11.7. The van der Waals surface area contributed by atoms with E-state index in [0.717, 1.165) is 5.39 Å². The lowest BCUT2D eigenvalue weighted by Gasteiger charge is -2.17. The molecule has 0 aliphatic carbocycles. The van der Waals surface area contributed by atoms with Crippen LogP contribution in [0.5, 0.6) is 0 Å². The first-order valence-electron chi connectivity index (χ1n) is 6.73. The van der Waals surface area contributed by atoms with Gasteiger partial charge in [-0.15, -0.1) is 0 Å². The molecule has 0 spiro atoms. The van der Waals surface area contributed by atoms with E-state index in [4.69, 9.17) is 0 Å². The number of para-hydroxylation sites is 1. The maximum atomic E-state index is 14.4. The van der Waals surface area contributed by atoms with Gasteiger partial charge in [-0.25, -0.2) is 9.78 Å². The molecular formula is C16H12F2N2O2. The molecule has 3 rings (SSSR count). The lowest BCUT2D eigenvalue weighted by Crippen LogP contribution is -2.29. The molecule has 0 radical (unpaired) electrons. The molecule has 1 aromatic carbocycles. The van der Waals surface area contributed by atoms with E-state index in [0.29, 0.717) is 10.9 Å². The van der Waals surface area contributed by atoms with E-state index in [1.54, 1.807) is 30.3 Å². The quantitative estimate of drug-likeness (QED) is 0.549. The zero-order chi connectivity index (χ0) is 15.7. The van der Waals surface area contributed by atoms with Crippen molar-refractivity contribution in [3.05, 3.63) is 48.4 Å². The average Bonchev–Trinajstić information content (AvgIpc) is 2.54. The molecule has 112 valence electrons. The molecule has 4 nitrogen and oxygen atoms in total. The number of halogens is 2. The standard InChI is InChI=1S/C16H12F2N2O2/c1-2-22-15(21)16(17,18)14-12-9-19-8-7-10(12)11-5-3-4-6-13(11)20-14/h3-9H,2H2,1H3. The summed E-state index contributed by atoms with van der Waals surface area (Å²) in [6.45, 7) is 1.35. The Morgan fingerprint density at radius 1 is 1.18 bits per heavy atom. The minimum Gasteiger partial charge on any atom is -0.461 e. The monoisotopic (exact) mass is 302 g/mol. The van der Waals surface area contributed by atoms with Gasteiger partial charge < -0.3 is 4.74 Å². The number of nitrogens with zero attached hydrogens (tertiary/aromatic N) is 2. The van der Waals surface area contributed by atoms with Crippen molar-refractivity contribution in [2.45, 2.75) is 12.8 Å². The summed E-state index contributed by atoms with van der Waals surface area (Å²) in [5, 5.41) is 1.43. The van der Waals surface area contributed by atoms with Gasteiger partial charge in [0.1, 0.15) is 5.69 Å². The molecule has 2 aromatic heterocycles. The molecule has 2 heterocycles. The second-order valence-electron chi connectivity index (χ2n) is 4.69. The van der Waals surface area contributed by atoms with Gasteiger partial charge in [0.2, 0.25) is 0 Å². The summed E-state index contributed by atoms with van der Waals surface area (Å²) in [5.41, 5.74) is -0.243. The van der Waals surface area contributed by atoms with Crippen LogP contribution in [0.3, 0.4) is 0 Å². The van der Waals surface area contributed by atoms with Crippen molar-refractivity contribution >= 4 is 27.6 Å². The molecule has 0 saturated heterocycles. The number of esters is 1. The second kappa shape index (κ2) is 5.29. The third kappa shape index (κ3) is 2.16. The highest BCUT2D eigenvalue weighted by Crippen LogP contribution is 2.36. The van der Waals surface area contributed by atoms with Crippen molar-refractivity contribution < 1.29 is 18.3 Å². The smallest absolute Gasteiger partial charge is 0.385 e. The maximum absolute atomic E-state index is 14.4. The van der Waals surface area contributed by atoms with Crippen LogP contribution in [0.2, 0.25) is 0 Å². The van der Waals surface area contributed by atoms with Gasteiger partial charge in [0.15, 0.2) is 0 Å². The van der Waals surface area contributed by atoms with E-state index >= 15 is 0 Å². The fraction of sp³-hybridized carbons (Fsp3) is 0.188. The first kappa shape index (κ1) is 14.3. The van der Waals surface area contributed by atoms with Gasteiger partial charge in [0.05, 0.1) is 12.1 Å². The molecule has 0 aliphatic rings. The van der Waals surface area contributed by atoms with Gasteiger partial charge in [-0.05, 0) is 24.4 Å². The third-order valence-corrected chi connectivity index (χ3v) is 3.33. The van der Waals surface area contributed by atoms with Gasteiger partial charge in [-0.1, -0.05) is 18.2 Å². The summed E-state index contributed by atoms with van der Waals surface area (Å²) in [6.07, 6.45) is 2.80. The molecule has 0 N–H and O–H groups in total. The Balaban J connectivity index is 2.35. The number of carbonyl (C=O) groups is 1. The Bertz CT molecular complexity index is 865. The third-order valence-electron chi connectivity index (χ3n) is 3.33. The summed E-state index contributed by atoms with van der Waals surface area (Å²) in [4.78, 5) is 19.5. The van der Waals surface area contributed by atoms with Crippen molar-refractivity contribution in [1.82, 2.24) is 9.97 Å². The van der Waals surface area contributed by atoms with Crippen LogP contribution in [-0.4, -0.2) is 22.5 Å². The molecule has 0 unspecified atom stereocenters. The number of alkyl halides is 2. The van der Waals surface area contributed by atoms with Gasteiger partial charge in [0, 0.05) is 23.2 Å². The zero-order valence-corrected chi connectivity index (χ0v) is 11.7.